The number of halogens is 1. The first-order valence-electron chi connectivity index (χ1n) is 7.65. The molecule has 5 nitrogen and oxygen atoms in total. The van der Waals surface area contributed by atoms with Crippen molar-refractivity contribution < 1.29 is 24.5 Å². The number of aliphatic hydroxyl groups is 2. The Labute approximate surface area is 139 Å². The van der Waals surface area contributed by atoms with Gasteiger partial charge in [0.25, 0.3) is 0 Å². The van der Waals surface area contributed by atoms with Gasteiger partial charge in [0, 0.05) is 23.3 Å². The normalized spacial score (nSPS) is 31.2. The van der Waals surface area contributed by atoms with Gasteiger partial charge in [-0.05, 0) is 18.2 Å². The van der Waals surface area contributed by atoms with E-state index >= 15 is 0 Å². The number of ether oxygens (including phenoxy) is 2. The van der Waals surface area contributed by atoms with Crippen LogP contribution in [0, 0.1) is 11.8 Å². The molecule has 0 aromatic heterocycles. The minimum Gasteiger partial charge on any atom is -0.491 e. The average molecular weight is 339 g/mol. The molecule has 3 rings (SSSR count). The van der Waals surface area contributed by atoms with E-state index in [1.165, 1.54) is 0 Å². The number of hydrogen-bond donors (Lipinski definition) is 2. The van der Waals surface area contributed by atoms with Crippen molar-refractivity contribution in [2.75, 3.05) is 6.61 Å². The quantitative estimate of drug-likeness (QED) is 0.634. The topological polar surface area (TPSA) is 76.0 Å². The van der Waals surface area contributed by atoms with Crippen molar-refractivity contribution in [2.45, 2.75) is 31.2 Å². The van der Waals surface area contributed by atoms with E-state index < -0.39 is 12.2 Å². The van der Waals surface area contributed by atoms with E-state index in [-0.39, 0.29) is 30.5 Å². The zero-order valence-corrected chi connectivity index (χ0v) is 13.2. The third-order valence-corrected chi connectivity index (χ3v) is 4.58. The number of carbonyl (C=O) groups excluding carboxylic acids is 1. The van der Waals surface area contributed by atoms with Crippen LogP contribution in [0.25, 0.3) is 0 Å². The molecular formula is C17H19ClO5. The summed E-state index contributed by atoms with van der Waals surface area (Å²) in [5.41, 5.74) is 0. The monoisotopic (exact) mass is 338 g/mol. The van der Waals surface area contributed by atoms with E-state index in [0.717, 1.165) is 0 Å². The molecule has 2 N–H and O–H groups in total. The molecule has 2 aliphatic rings. The molecule has 1 unspecified atom stereocenters. The lowest BCUT2D eigenvalue weighted by Crippen LogP contribution is -2.20. The molecule has 1 aromatic carbocycles. The molecule has 124 valence electrons. The molecule has 0 radical (unpaired) electrons. The van der Waals surface area contributed by atoms with Crippen molar-refractivity contribution in [1.29, 1.82) is 0 Å². The second-order valence-corrected chi connectivity index (χ2v) is 6.43. The number of aliphatic hydroxyl groups excluding tert-OH is 2. The maximum atomic E-state index is 11.3. The zero-order chi connectivity index (χ0) is 16.4. The van der Waals surface area contributed by atoms with Gasteiger partial charge in [-0.2, -0.15) is 0 Å². The van der Waals surface area contributed by atoms with Crippen LogP contribution in [-0.2, 0) is 9.53 Å². The fourth-order valence-electron chi connectivity index (χ4n) is 3.24. The minimum absolute atomic E-state index is 0.00482. The molecule has 1 aliphatic heterocycles. The lowest BCUT2D eigenvalue weighted by atomic mass is 9.91. The fourth-order valence-corrected chi connectivity index (χ4v) is 3.42. The zero-order valence-electron chi connectivity index (χ0n) is 12.5. The number of carbonyl (C=O) groups is 1. The van der Waals surface area contributed by atoms with Gasteiger partial charge in [-0.25, -0.2) is 0 Å². The summed E-state index contributed by atoms with van der Waals surface area (Å²) >= 11 is 5.86. The highest BCUT2D eigenvalue weighted by molar-refractivity contribution is 6.30. The summed E-state index contributed by atoms with van der Waals surface area (Å²) in [4.78, 5) is 11.3. The van der Waals surface area contributed by atoms with Crippen LogP contribution in [0.5, 0.6) is 5.75 Å². The predicted octanol–water partition coefficient (Wildman–Crippen LogP) is 1.95. The summed E-state index contributed by atoms with van der Waals surface area (Å²) in [7, 11) is 0. The van der Waals surface area contributed by atoms with E-state index in [9.17, 15) is 15.0 Å². The molecule has 0 spiro atoms. The van der Waals surface area contributed by atoms with Crippen LogP contribution in [0.1, 0.15) is 12.8 Å². The molecule has 0 bridgehead atoms. The van der Waals surface area contributed by atoms with E-state index in [0.29, 0.717) is 23.6 Å². The van der Waals surface area contributed by atoms with Crippen molar-refractivity contribution in [3.8, 4) is 5.75 Å². The summed E-state index contributed by atoms with van der Waals surface area (Å²) in [5.74, 6) is 0.193. The van der Waals surface area contributed by atoms with E-state index in [1.807, 2.05) is 0 Å². The van der Waals surface area contributed by atoms with Crippen molar-refractivity contribution >= 4 is 17.6 Å². The Balaban J connectivity index is 1.53. The van der Waals surface area contributed by atoms with Crippen LogP contribution in [0.15, 0.2) is 36.4 Å². The summed E-state index contributed by atoms with van der Waals surface area (Å²) in [6.07, 6.45) is 2.60. The summed E-state index contributed by atoms with van der Waals surface area (Å²) in [6, 6.07) is 6.94. The van der Waals surface area contributed by atoms with E-state index in [1.54, 1.807) is 36.4 Å². The Kier molecular flexibility index (Phi) is 4.90. The van der Waals surface area contributed by atoms with Crippen molar-refractivity contribution in [3.63, 3.8) is 0 Å². The van der Waals surface area contributed by atoms with Crippen LogP contribution in [0.3, 0.4) is 0 Å². The van der Waals surface area contributed by atoms with Gasteiger partial charge in [0.2, 0.25) is 0 Å². The van der Waals surface area contributed by atoms with Gasteiger partial charge >= 0.3 is 5.97 Å². The van der Waals surface area contributed by atoms with Gasteiger partial charge in [0.05, 0.1) is 12.5 Å². The van der Waals surface area contributed by atoms with Gasteiger partial charge in [0.15, 0.2) is 0 Å². The van der Waals surface area contributed by atoms with Gasteiger partial charge in [-0.3, -0.25) is 4.79 Å². The fraction of sp³-hybridized carbons (Fsp3) is 0.471. The van der Waals surface area contributed by atoms with Crippen LogP contribution in [-0.4, -0.2) is 41.1 Å². The Morgan fingerprint density at radius 2 is 2.30 bits per heavy atom. The number of fused-ring (bicyclic) bond motifs is 1. The first-order valence-corrected chi connectivity index (χ1v) is 8.03. The van der Waals surface area contributed by atoms with E-state index in [2.05, 4.69) is 0 Å². The molecule has 6 heteroatoms. The van der Waals surface area contributed by atoms with Crippen LogP contribution in [0.2, 0.25) is 5.02 Å². The second-order valence-electron chi connectivity index (χ2n) is 6.00. The number of esters is 1. The summed E-state index contributed by atoms with van der Waals surface area (Å²) < 4.78 is 10.6. The standard InChI is InChI=1S/C17H19ClO5/c18-10-2-1-3-12(6-10)22-9-11(19)4-5-13-14-7-17(21)23-16(14)8-15(13)20/h1-6,11,13-16,19-20H,7-9H2/t11-,13-,14-,15?,16+/m0/s1. The molecule has 1 saturated heterocycles. The van der Waals surface area contributed by atoms with Crippen molar-refractivity contribution in [3.05, 3.63) is 41.4 Å². The molecule has 23 heavy (non-hydrogen) atoms. The van der Waals surface area contributed by atoms with Crippen molar-refractivity contribution in [1.82, 2.24) is 0 Å². The molecule has 1 heterocycles. The highest BCUT2D eigenvalue weighted by atomic mass is 35.5. The first-order chi connectivity index (χ1) is 11.0. The third kappa shape index (κ3) is 3.86. The van der Waals surface area contributed by atoms with Crippen molar-refractivity contribution in [2.24, 2.45) is 11.8 Å². The number of hydrogen-bond acceptors (Lipinski definition) is 5. The molecule has 0 amide bonds. The molecule has 2 fully saturated rings. The molecule has 1 aromatic rings. The average Bonchev–Trinajstić information content (AvgIpc) is 2.98. The van der Waals surface area contributed by atoms with Crippen LogP contribution in [0.4, 0.5) is 0 Å². The third-order valence-electron chi connectivity index (χ3n) is 4.35. The predicted molar refractivity (Wildman–Crippen MR) is 84.2 cm³/mol. The Hall–Kier alpha value is -1.56. The van der Waals surface area contributed by atoms with Crippen LogP contribution < -0.4 is 4.74 Å². The Morgan fingerprint density at radius 3 is 3.09 bits per heavy atom. The van der Waals surface area contributed by atoms with Gasteiger partial charge in [0.1, 0.15) is 24.6 Å². The maximum Gasteiger partial charge on any atom is 0.306 e. The largest absolute Gasteiger partial charge is 0.491 e. The Morgan fingerprint density at radius 1 is 1.48 bits per heavy atom. The Bertz CT molecular complexity index is 602. The van der Waals surface area contributed by atoms with Gasteiger partial charge < -0.3 is 19.7 Å². The van der Waals surface area contributed by atoms with Gasteiger partial charge in [-0.15, -0.1) is 0 Å². The highest BCUT2D eigenvalue weighted by Gasteiger charge is 2.48. The SMILES string of the molecule is O=C1C[C@H]2[C@H](C=C[C@H](O)COc3cccc(Cl)c3)C(O)C[C@H]2O1. The molecule has 1 aliphatic carbocycles. The maximum absolute atomic E-state index is 11.3. The summed E-state index contributed by atoms with van der Waals surface area (Å²) in [5, 5.41) is 20.6. The summed E-state index contributed by atoms with van der Waals surface area (Å²) in [6.45, 7) is 0.0865. The minimum atomic E-state index is -0.807. The number of rotatable bonds is 5. The molecule has 1 saturated carbocycles. The van der Waals surface area contributed by atoms with Gasteiger partial charge in [-0.1, -0.05) is 29.8 Å². The second kappa shape index (κ2) is 6.91. The molecule has 5 atom stereocenters. The van der Waals surface area contributed by atoms with E-state index in [4.69, 9.17) is 21.1 Å². The lowest BCUT2D eigenvalue weighted by molar-refractivity contribution is -0.141. The lowest BCUT2D eigenvalue weighted by Gasteiger charge is -2.15. The first kappa shape index (κ1) is 16.3. The smallest absolute Gasteiger partial charge is 0.306 e. The highest BCUT2D eigenvalue weighted by Crippen LogP contribution is 2.42. The van der Waals surface area contributed by atoms with Crippen LogP contribution >= 0.6 is 11.6 Å². The molecular weight excluding hydrogens is 320 g/mol. The number of benzene rings is 1.